The Morgan fingerprint density at radius 2 is 1.70 bits per heavy atom. The lowest BCUT2D eigenvalue weighted by Crippen LogP contribution is -2.58. The van der Waals surface area contributed by atoms with E-state index in [4.69, 9.17) is 4.74 Å². The molecule has 2 saturated heterocycles. The highest BCUT2D eigenvalue weighted by Crippen LogP contribution is 2.30. The first kappa shape index (κ1) is 47.2. The number of aromatic nitrogens is 2. The molecule has 3 unspecified atom stereocenters. The number of urea groups is 1. The van der Waals surface area contributed by atoms with Crippen LogP contribution in [0.25, 0.3) is 10.4 Å². The van der Waals surface area contributed by atoms with Crippen LogP contribution in [-0.4, -0.2) is 132 Å². The molecular weight excluding hydrogens is 847 g/mol. The second-order valence-corrected chi connectivity index (χ2v) is 19.7. The summed E-state index contributed by atoms with van der Waals surface area (Å²) in [5.74, 6) is -1.36. The van der Waals surface area contributed by atoms with Gasteiger partial charge in [0, 0.05) is 70.3 Å². The number of rotatable bonds is 16. The summed E-state index contributed by atoms with van der Waals surface area (Å²) in [6.45, 7) is 11.3. The number of nitrogens with one attached hydrogen (secondary N) is 4. The topological polar surface area (TPSA) is 216 Å². The molecule has 5 amide bonds. The van der Waals surface area contributed by atoms with E-state index in [1.165, 1.54) is 21.3 Å². The maximum absolute atomic E-state index is 14.1. The van der Waals surface area contributed by atoms with Crippen molar-refractivity contribution in [1.29, 1.82) is 0 Å². The molecule has 0 bridgehead atoms. The summed E-state index contributed by atoms with van der Waals surface area (Å²) in [5.41, 5.74) is 5.24. The van der Waals surface area contributed by atoms with Crippen LogP contribution in [0.1, 0.15) is 57.0 Å². The number of thiazole rings is 1. The fourth-order valence-corrected chi connectivity index (χ4v) is 9.72. The van der Waals surface area contributed by atoms with E-state index in [0.29, 0.717) is 31.9 Å². The molecule has 4 aromatic rings. The number of anilines is 1. The molecule has 2 fully saturated rings. The minimum absolute atomic E-state index is 0.0417. The summed E-state index contributed by atoms with van der Waals surface area (Å²) in [6, 6.07) is 14.8. The molecular formula is C44H57N9O8S2. The second-order valence-electron chi connectivity index (χ2n) is 16.9. The van der Waals surface area contributed by atoms with Gasteiger partial charge in [-0.05, 0) is 66.3 Å². The molecule has 0 radical (unpaired) electrons. The molecule has 2 aliphatic rings. The quantitative estimate of drug-likeness (QED) is 0.103. The van der Waals surface area contributed by atoms with E-state index in [2.05, 4.69) is 31.2 Å². The number of ether oxygens (including phenoxy) is 1. The van der Waals surface area contributed by atoms with Crippen molar-refractivity contribution in [2.45, 2.75) is 76.7 Å². The number of sulfonamides is 1. The maximum Gasteiger partial charge on any atom is 0.319 e. The van der Waals surface area contributed by atoms with Crippen molar-refractivity contribution in [2.75, 3.05) is 57.8 Å². The highest BCUT2D eigenvalue weighted by molar-refractivity contribution is 7.89. The predicted octanol–water partition coefficient (Wildman–Crippen LogP) is 3.53. The molecule has 2 aliphatic heterocycles. The fourth-order valence-electron chi connectivity index (χ4n) is 7.49. The number of hydrogen-bond donors (Lipinski definition) is 5. The number of pyridine rings is 1. The molecule has 63 heavy (non-hydrogen) atoms. The normalized spacial score (nSPS) is 18.3. The molecule has 2 aromatic carbocycles. The first-order chi connectivity index (χ1) is 30.0. The van der Waals surface area contributed by atoms with Gasteiger partial charge in [0.15, 0.2) is 0 Å². The SMILES string of the molecule is Cc1ncsc1-c1ccc(C(C)NC(=O)C2CC(O)CN2C(=O)[C@@H](NC(=O)COCCN2CCN(S(=O)(=O)c3ccc(NC(=O)NCc4cccnc4)cc3)CC2)C(C)(C)C)cc1. The van der Waals surface area contributed by atoms with Crippen LogP contribution in [-0.2, 0) is 35.7 Å². The Hall–Kier alpha value is -5.31. The van der Waals surface area contributed by atoms with Crippen molar-refractivity contribution >= 4 is 50.8 Å². The van der Waals surface area contributed by atoms with Crippen LogP contribution in [0, 0.1) is 12.3 Å². The van der Waals surface area contributed by atoms with Crippen LogP contribution >= 0.6 is 11.3 Å². The highest BCUT2D eigenvalue weighted by atomic mass is 32.2. The Morgan fingerprint density at radius 3 is 2.33 bits per heavy atom. The lowest BCUT2D eigenvalue weighted by Gasteiger charge is -2.35. The lowest BCUT2D eigenvalue weighted by molar-refractivity contribution is -0.144. The van der Waals surface area contributed by atoms with Gasteiger partial charge in [-0.3, -0.25) is 24.3 Å². The zero-order chi connectivity index (χ0) is 45.3. The van der Waals surface area contributed by atoms with Gasteiger partial charge >= 0.3 is 6.03 Å². The fraction of sp³-hybridized carbons (Fsp3) is 0.455. The van der Waals surface area contributed by atoms with Crippen molar-refractivity contribution < 1.29 is 37.4 Å². The summed E-state index contributed by atoms with van der Waals surface area (Å²) in [5, 5.41) is 21.9. The summed E-state index contributed by atoms with van der Waals surface area (Å²) in [6.07, 6.45) is 2.47. The minimum atomic E-state index is -3.77. The van der Waals surface area contributed by atoms with E-state index in [9.17, 15) is 32.7 Å². The van der Waals surface area contributed by atoms with Gasteiger partial charge < -0.3 is 36.0 Å². The number of aryl methyl sites for hydroxylation is 1. The number of carbonyl (C=O) groups is 4. The Balaban J connectivity index is 0.927. The third-order valence-corrected chi connectivity index (χ3v) is 14.0. The Bertz CT molecular complexity index is 2300. The van der Waals surface area contributed by atoms with E-state index in [-0.39, 0.29) is 50.2 Å². The van der Waals surface area contributed by atoms with Gasteiger partial charge in [0.2, 0.25) is 27.7 Å². The number of hydrogen-bond acceptors (Lipinski definition) is 12. The number of aliphatic hydroxyl groups excluding tert-OH is 1. The number of carbonyl (C=O) groups excluding carboxylic acids is 4. The summed E-state index contributed by atoms with van der Waals surface area (Å²) < 4.78 is 33.9. The monoisotopic (exact) mass is 903 g/mol. The maximum atomic E-state index is 14.1. The van der Waals surface area contributed by atoms with E-state index >= 15 is 0 Å². The largest absolute Gasteiger partial charge is 0.391 e. The molecule has 17 nitrogen and oxygen atoms in total. The molecule has 0 saturated carbocycles. The Kier molecular flexibility index (Phi) is 15.7. The van der Waals surface area contributed by atoms with Gasteiger partial charge in [-0.2, -0.15) is 4.31 Å². The molecule has 6 rings (SSSR count). The number of likely N-dealkylation sites (tertiary alicyclic amines) is 1. The van der Waals surface area contributed by atoms with Crippen LogP contribution < -0.4 is 21.3 Å². The predicted molar refractivity (Wildman–Crippen MR) is 239 cm³/mol. The number of nitrogens with zero attached hydrogens (tertiary/aromatic N) is 5. The van der Waals surface area contributed by atoms with Gasteiger partial charge in [0.1, 0.15) is 18.7 Å². The van der Waals surface area contributed by atoms with Crippen molar-refractivity contribution in [2.24, 2.45) is 5.41 Å². The molecule has 2 aromatic heterocycles. The standard InChI is InChI=1S/C44H57N9O8S2/c1-29(32-8-10-33(11-9-32)39-30(2)47-28-62-39)48-41(56)37-23-35(54)26-53(37)42(57)40(44(3,4)5)50-38(55)27-61-22-21-51-17-19-52(20-18-51)63(59,60)36-14-12-34(13-15-36)49-43(58)46-25-31-7-6-16-45-24-31/h6-16,24,28-29,35,37,40,54H,17-23,25-27H2,1-5H3,(H,48,56)(H,50,55)(H2,46,49,58)/t29?,35?,37?,40-/m1/s1. The number of aliphatic hydroxyl groups is 1. The molecule has 338 valence electrons. The summed E-state index contributed by atoms with van der Waals surface area (Å²) >= 11 is 1.56. The average Bonchev–Trinajstić information content (AvgIpc) is 3.88. The van der Waals surface area contributed by atoms with Crippen LogP contribution in [0.2, 0.25) is 0 Å². The van der Waals surface area contributed by atoms with E-state index in [1.807, 2.05) is 69.9 Å². The molecule has 5 N–H and O–H groups in total. The van der Waals surface area contributed by atoms with Gasteiger partial charge in [-0.1, -0.05) is 51.1 Å². The van der Waals surface area contributed by atoms with E-state index in [0.717, 1.165) is 27.3 Å². The molecule has 4 heterocycles. The molecule has 0 spiro atoms. The molecule has 0 aliphatic carbocycles. The smallest absolute Gasteiger partial charge is 0.319 e. The van der Waals surface area contributed by atoms with Crippen molar-refractivity contribution in [3.63, 3.8) is 0 Å². The third-order valence-electron chi connectivity index (χ3n) is 11.1. The van der Waals surface area contributed by atoms with Crippen LogP contribution in [0.3, 0.4) is 0 Å². The first-order valence-corrected chi connectivity index (χ1v) is 23.2. The molecule has 4 atom stereocenters. The van der Waals surface area contributed by atoms with Crippen molar-refractivity contribution in [1.82, 2.24) is 40.0 Å². The van der Waals surface area contributed by atoms with E-state index in [1.54, 1.807) is 47.4 Å². The van der Waals surface area contributed by atoms with Gasteiger partial charge in [-0.15, -0.1) is 11.3 Å². The van der Waals surface area contributed by atoms with Crippen LogP contribution in [0.15, 0.2) is 83.5 Å². The van der Waals surface area contributed by atoms with Gasteiger partial charge in [-0.25, -0.2) is 18.2 Å². The average molecular weight is 904 g/mol. The lowest BCUT2D eigenvalue weighted by atomic mass is 9.85. The van der Waals surface area contributed by atoms with Gasteiger partial charge in [0.25, 0.3) is 0 Å². The number of benzene rings is 2. The van der Waals surface area contributed by atoms with Crippen molar-refractivity contribution in [3.05, 3.63) is 95.4 Å². The zero-order valence-corrected chi connectivity index (χ0v) is 37.9. The van der Waals surface area contributed by atoms with Gasteiger partial charge in [0.05, 0.1) is 39.7 Å². The third kappa shape index (κ3) is 12.5. The van der Waals surface area contributed by atoms with Crippen LogP contribution in [0.5, 0.6) is 0 Å². The second kappa shape index (κ2) is 20.9. The highest BCUT2D eigenvalue weighted by Gasteiger charge is 2.44. The Morgan fingerprint density at radius 1 is 0.984 bits per heavy atom. The van der Waals surface area contributed by atoms with E-state index < -0.39 is 57.4 Å². The first-order valence-electron chi connectivity index (χ1n) is 20.9. The Labute approximate surface area is 372 Å². The molecule has 19 heteroatoms. The summed E-state index contributed by atoms with van der Waals surface area (Å²) in [7, 11) is -3.77. The number of β-amino-alcohol motifs (C(OH)–C–C–N with tert-alkyl or cyclic N) is 1. The van der Waals surface area contributed by atoms with Crippen molar-refractivity contribution in [3.8, 4) is 10.4 Å². The number of amides is 5. The zero-order valence-electron chi connectivity index (χ0n) is 36.2. The minimum Gasteiger partial charge on any atom is -0.391 e. The number of piperazine rings is 1. The van der Waals surface area contributed by atoms with Crippen LogP contribution in [0.4, 0.5) is 10.5 Å². The summed E-state index contributed by atoms with van der Waals surface area (Å²) in [4.78, 5) is 66.1.